The van der Waals surface area contributed by atoms with E-state index in [-0.39, 0.29) is 5.56 Å². The van der Waals surface area contributed by atoms with Crippen LogP contribution in [0.5, 0.6) is 0 Å². The predicted molar refractivity (Wildman–Crippen MR) is 50.0 cm³/mol. The van der Waals surface area contributed by atoms with Crippen LogP contribution in [0.25, 0.3) is 11.0 Å². The molecule has 14 heavy (non-hydrogen) atoms. The van der Waals surface area contributed by atoms with Crippen LogP contribution in [0.3, 0.4) is 0 Å². The average molecular weight is 195 g/mol. The van der Waals surface area contributed by atoms with Crippen LogP contribution in [0.4, 0.5) is 0 Å². The zero-order valence-corrected chi connectivity index (χ0v) is 7.76. The third-order valence-electron chi connectivity index (χ3n) is 1.98. The van der Waals surface area contributed by atoms with Gasteiger partial charge in [0.25, 0.3) is 5.56 Å². The van der Waals surface area contributed by atoms with Gasteiger partial charge in [0.05, 0.1) is 0 Å². The summed E-state index contributed by atoms with van der Waals surface area (Å²) in [5.41, 5.74) is -0.393. The molecule has 2 heterocycles. The molecule has 0 fully saturated rings. The highest BCUT2D eigenvalue weighted by atomic mass is 16.2. The third kappa shape index (κ3) is 1.34. The molecule has 0 unspecified atom stereocenters. The van der Waals surface area contributed by atoms with E-state index < -0.39 is 5.69 Å². The zero-order chi connectivity index (χ0) is 10.1. The van der Waals surface area contributed by atoms with E-state index in [1.165, 1.54) is 0 Å². The maximum atomic E-state index is 11.3. The van der Waals surface area contributed by atoms with Gasteiger partial charge >= 0.3 is 5.69 Å². The van der Waals surface area contributed by atoms with Gasteiger partial charge in [0.1, 0.15) is 0 Å². The van der Waals surface area contributed by atoms with Crippen molar-refractivity contribution in [3.05, 3.63) is 27.0 Å². The van der Waals surface area contributed by atoms with Crippen molar-refractivity contribution in [1.82, 2.24) is 15.1 Å². The highest BCUT2D eigenvalue weighted by Gasteiger charge is 2.10. The summed E-state index contributed by atoms with van der Waals surface area (Å²) in [6, 6.07) is 0. The van der Waals surface area contributed by atoms with Gasteiger partial charge in [-0.15, -0.1) is 9.78 Å². The molecule has 0 saturated carbocycles. The molecular weight excluding hydrogens is 184 g/mol. The number of nitrogens with zero attached hydrogens (tertiary/aromatic N) is 1. The fraction of sp³-hybridized carbons (Fsp3) is 0.375. The normalized spacial score (nSPS) is 10.9. The summed E-state index contributed by atoms with van der Waals surface area (Å²) in [6.45, 7) is 2.82. The molecule has 0 radical (unpaired) electrons. The Morgan fingerprint density at radius 3 is 2.86 bits per heavy atom. The van der Waals surface area contributed by atoms with E-state index >= 15 is 0 Å². The van der Waals surface area contributed by atoms with E-state index in [0.717, 1.165) is 13.0 Å². The van der Waals surface area contributed by atoms with Gasteiger partial charge in [0.15, 0.2) is 17.6 Å². The first-order chi connectivity index (χ1) is 6.70. The van der Waals surface area contributed by atoms with E-state index in [2.05, 4.69) is 15.1 Å². The molecule has 3 N–H and O–H groups in total. The Bertz CT molecular complexity index is 562. The Balaban J connectivity index is 2.71. The topological polar surface area (TPSA) is 85.4 Å². The van der Waals surface area contributed by atoms with Gasteiger partial charge in [0, 0.05) is 6.42 Å². The number of aromatic nitrogens is 4. The monoisotopic (exact) mass is 195 g/mol. The smallest absolute Gasteiger partial charge is 0.288 e. The Hall–Kier alpha value is -1.85. The van der Waals surface area contributed by atoms with Crippen molar-refractivity contribution in [3.8, 4) is 0 Å². The fourth-order valence-electron chi connectivity index (χ4n) is 1.40. The molecule has 2 aromatic rings. The van der Waals surface area contributed by atoms with E-state index in [1.54, 1.807) is 10.9 Å². The minimum absolute atomic E-state index is 0.366. The summed E-state index contributed by atoms with van der Waals surface area (Å²) < 4.78 is 1.77. The average Bonchev–Trinajstić information content (AvgIpc) is 2.48. The lowest BCUT2D eigenvalue weighted by molar-refractivity contribution is -0.748. The van der Waals surface area contributed by atoms with Crippen molar-refractivity contribution < 1.29 is 4.68 Å². The first kappa shape index (κ1) is 8.74. The molecule has 0 aromatic carbocycles. The van der Waals surface area contributed by atoms with E-state index in [0.29, 0.717) is 11.0 Å². The first-order valence-corrected chi connectivity index (χ1v) is 4.45. The number of rotatable bonds is 2. The third-order valence-corrected chi connectivity index (χ3v) is 1.98. The molecule has 0 aliphatic carbocycles. The molecule has 0 aliphatic rings. The molecule has 74 valence electrons. The predicted octanol–water partition coefficient (Wildman–Crippen LogP) is -0.758. The second kappa shape index (κ2) is 3.13. The van der Waals surface area contributed by atoms with Gasteiger partial charge < -0.3 is 0 Å². The Kier molecular flexibility index (Phi) is 1.95. The van der Waals surface area contributed by atoms with Gasteiger partial charge in [-0.2, -0.15) is 0 Å². The zero-order valence-electron chi connectivity index (χ0n) is 7.76. The number of fused-ring (bicyclic) bond motifs is 1. The van der Waals surface area contributed by atoms with Gasteiger partial charge in [-0.3, -0.25) is 14.8 Å². The van der Waals surface area contributed by atoms with E-state index in [1.807, 2.05) is 6.92 Å². The highest BCUT2D eigenvalue weighted by molar-refractivity contribution is 5.70. The SMILES string of the molecule is CCC[n+]1cc2c(=O)[nH]c(=O)[nH]c2[nH]1. The van der Waals surface area contributed by atoms with Crippen LogP contribution in [0.2, 0.25) is 0 Å². The first-order valence-electron chi connectivity index (χ1n) is 4.45. The summed E-state index contributed by atoms with van der Waals surface area (Å²) in [6.07, 6.45) is 2.65. The van der Waals surface area contributed by atoms with Crippen LogP contribution in [0.15, 0.2) is 15.8 Å². The number of nitrogens with one attached hydrogen (secondary N) is 3. The summed E-state index contributed by atoms with van der Waals surface area (Å²) >= 11 is 0. The maximum absolute atomic E-state index is 11.3. The van der Waals surface area contributed by atoms with Crippen molar-refractivity contribution in [2.24, 2.45) is 0 Å². The number of hydrogen-bond acceptors (Lipinski definition) is 2. The molecule has 0 saturated heterocycles. The molecule has 0 amide bonds. The Morgan fingerprint density at radius 1 is 1.36 bits per heavy atom. The van der Waals surface area contributed by atoms with Crippen LogP contribution in [-0.4, -0.2) is 15.1 Å². The molecule has 6 nitrogen and oxygen atoms in total. The lowest BCUT2D eigenvalue weighted by Crippen LogP contribution is -2.34. The number of aromatic amines is 3. The van der Waals surface area contributed by atoms with E-state index in [9.17, 15) is 9.59 Å². The van der Waals surface area contributed by atoms with Crippen LogP contribution in [0, 0.1) is 0 Å². The number of hydrogen-bond donors (Lipinski definition) is 3. The van der Waals surface area contributed by atoms with Crippen molar-refractivity contribution in [2.75, 3.05) is 0 Å². The summed E-state index contributed by atoms with van der Waals surface area (Å²) in [7, 11) is 0. The lowest BCUT2D eigenvalue weighted by Gasteiger charge is -1.83. The molecule has 2 aromatic heterocycles. The molecular formula is C8H11N4O2+. The molecule has 0 atom stereocenters. The van der Waals surface area contributed by atoms with E-state index in [4.69, 9.17) is 0 Å². The number of H-pyrrole nitrogens is 3. The van der Waals surface area contributed by atoms with Crippen molar-refractivity contribution in [2.45, 2.75) is 19.9 Å². The van der Waals surface area contributed by atoms with Gasteiger partial charge in [0.2, 0.25) is 6.20 Å². The van der Waals surface area contributed by atoms with Crippen molar-refractivity contribution in [3.63, 3.8) is 0 Å². The quantitative estimate of drug-likeness (QED) is 0.550. The minimum Gasteiger partial charge on any atom is -0.288 e. The second-order valence-electron chi connectivity index (χ2n) is 3.13. The van der Waals surface area contributed by atoms with Gasteiger partial charge in [-0.05, 0) is 0 Å². The molecule has 6 heteroatoms. The Morgan fingerprint density at radius 2 is 2.14 bits per heavy atom. The molecule has 0 aliphatic heterocycles. The molecule has 0 bridgehead atoms. The minimum atomic E-state index is -0.493. The maximum Gasteiger partial charge on any atom is 0.327 e. The lowest BCUT2D eigenvalue weighted by atomic mass is 10.4. The van der Waals surface area contributed by atoms with Crippen LogP contribution >= 0.6 is 0 Å². The van der Waals surface area contributed by atoms with Gasteiger partial charge in [-0.25, -0.2) is 4.79 Å². The molecule has 2 rings (SSSR count). The molecule has 0 spiro atoms. The van der Waals surface area contributed by atoms with Crippen LogP contribution in [0.1, 0.15) is 13.3 Å². The van der Waals surface area contributed by atoms with Crippen molar-refractivity contribution >= 4 is 11.0 Å². The summed E-state index contributed by atoms with van der Waals surface area (Å²) in [4.78, 5) is 26.9. The number of aryl methyl sites for hydroxylation is 1. The van der Waals surface area contributed by atoms with Crippen LogP contribution in [-0.2, 0) is 6.54 Å². The second-order valence-corrected chi connectivity index (χ2v) is 3.13. The summed E-state index contributed by atoms with van der Waals surface area (Å²) in [5, 5.41) is 3.39. The Labute approximate surface area is 78.6 Å². The summed E-state index contributed by atoms with van der Waals surface area (Å²) in [5.74, 6) is 0. The highest BCUT2D eigenvalue weighted by Crippen LogP contribution is 1.94. The van der Waals surface area contributed by atoms with Gasteiger partial charge in [-0.1, -0.05) is 6.92 Å². The standard InChI is InChI=1S/C8H10N4O2/c1-2-3-12-4-5-6(11-12)9-8(14)10-7(5)13/h4H,2-3H2,1H3,(H2,9,10,11,13,14)/p+1. The van der Waals surface area contributed by atoms with Crippen molar-refractivity contribution in [1.29, 1.82) is 0 Å². The van der Waals surface area contributed by atoms with Crippen LogP contribution < -0.4 is 15.9 Å². The largest absolute Gasteiger partial charge is 0.327 e. The fourth-order valence-corrected chi connectivity index (χ4v) is 1.40.